The van der Waals surface area contributed by atoms with E-state index in [1.807, 2.05) is 63.2 Å². The number of fused-ring (bicyclic) bond motifs is 2. The highest BCUT2D eigenvalue weighted by molar-refractivity contribution is 7.10. The zero-order valence-corrected chi connectivity index (χ0v) is 22.5. The molecule has 0 unspecified atom stereocenters. The van der Waals surface area contributed by atoms with Crippen molar-refractivity contribution < 1.29 is 14.3 Å². The third kappa shape index (κ3) is 4.84. The van der Waals surface area contributed by atoms with Crippen LogP contribution in [0.2, 0.25) is 0 Å². The lowest BCUT2D eigenvalue weighted by atomic mass is 9.97. The van der Waals surface area contributed by atoms with Gasteiger partial charge in [-0.25, -0.2) is 9.78 Å². The Balaban J connectivity index is 1.20. The van der Waals surface area contributed by atoms with Crippen LogP contribution in [0.3, 0.4) is 0 Å². The SMILES string of the molecule is CC(C)(C)OC(=O)N1CCC(c2nc(-c3ccc4c(c3)/C(=C/c3cc5ccccc5[nH]3)C(=O)N4)cs2)CC1. The molecule has 0 spiro atoms. The molecule has 4 aromatic rings. The van der Waals surface area contributed by atoms with Gasteiger partial charge in [-0.2, -0.15) is 0 Å². The number of benzene rings is 2. The number of H-pyrrole nitrogens is 1. The van der Waals surface area contributed by atoms with Crippen molar-refractivity contribution >= 4 is 51.6 Å². The van der Waals surface area contributed by atoms with Crippen molar-refractivity contribution in [2.45, 2.75) is 45.1 Å². The highest BCUT2D eigenvalue weighted by Gasteiger charge is 2.29. The molecule has 2 N–H and O–H groups in total. The van der Waals surface area contributed by atoms with Crippen LogP contribution >= 0.6 is 11.3 Å². The molecule has 0 bridgehead atoms. The van der Waals surface area contributed by atoms with Gasteiger partial charge in [0.15, 0.2) is 0 Å². The summed E-state index contributed by atoms with van der Waals surface area (Å²) >= 11 is 1.66. The van der Waals surface area contributed by atoms with Crippen molar-refractivity contribution in [2.75, 3.05) is 18.4 Å². The highest BCUT2D eigenvalue weighted by atomic mass is 32.1. The first-order valence-corrected chi connectivity index (χ1v) is 13.8. The van der Waals surface area contributed by atoms with Gasteiger partial charge < -0.3 is 19.9 Å². The van der Waals surface area contributed by atoms with Crippen LogP contribution in [0.5, 0.6) is 0 Å². The van der Waals surface area contributed by atoms with Crippen LogP contribution in [0.15, 0.2) is 53.9 Å². The summed E-state index contributed by atoms with van der Waals surface area (Å²) in [5.74, 6) is 0.217. The number of piperidine rings is 1. The van der Waals surface area contributed by atoms with Crippen molar-refractivity contribution in [1.82, 2.24) is 14.9 Å². The van der Waals surface area contributed by atoms with E-state index < -0.39 is 5.60 Å². The molecule has 2 amide bonds. The smallest absolute Gasteiger partial charge is 0.410 e. The van der Waals surface area contributed by atoms with Crippen LogP contribution in [0.1, 0.15) is 55.8 Å². The molecule has 0 atom stereocenters. The summed E-state index contributed by atoms with van der Waals surface area (Å²) in [4.78, 5) is 35.4. The van der Waals surface area contributed by atoms with Gasteiger partial charge in [0.1, 0.15) is 5.60 Å². The molecule has 194 valence electrons. The molecule has 0 radical (unpaired) electrons. The van der Waals surface area contributed by atoms with E-state index in [9.17, 15) is 9.59 Å². The minimum Gasteiger partial charge on any atom is -0.444 e. The maximum absolute atomic E-state index is 12.8. The number of nitrogens with one attached hydrogen (secondary N) is 2. The summed E-state index contributed by atoms with van der Waals surface area (Å²) in [6, 6.07) is 16.1. The molecular formula is C30H30N4O3S. The lowest BCUT2D eigenvalue weighted by Crippen LogP contribution is -2.41. The number of hydrogen-bond donors (Lipinski definition) is 2. The normalized spacial score (nSPS) is 17.2. The second-order valence-electron chi connectivity index (χ2n) is 10.9. The molecule has 2 aromatic carbocycles. The van der Waals surface area contributed by atoms with Crippen LogP contribution in [0, 0.1) is 0 Å². The van der Waals surface area contributed by atoms with Gasteiger partial charge in [-0.15, -0.1) is 11.3 Å². The molecule has 6 rings (SSSR count). The monoisotopic (exact) mass is 526 g/mol. The summed E-state index contributed by atoms with van der Waals surface area (Å²) in [6.07, 6.45) is 3.40. The molecule has 1 saturated heterocycles. The van der Waals surface area contributed by atoms with Gasteiger partial charge in [0, 0.05) is 52.4 Å². The van der Waals surface area contributed by atoms with E-state index >= 15 is 0 Å². The molecular weight excluding hydrogens is 496 g/mol. The largest absolute Gasteiger partial charge is 0.444 e. The summed E-state index contributed by atoms with van der Waals surface area (Å²) < 4.78 is 5.52. The summed E-state index contributed by atoms with van der Waals surface area (Å²) in [6.45, 7) is 7.01. The van der Waals surface area contributed by atoms with Gasteiger partial charge in [0.05, 0.1) is 16.3 Å². The predicted molar refractivity (Wildman–Crippen MR) is 152 cm³/mol. The van der Waals surface area contributed by atoms with Crippen LogP contribution in [0.25, 0.3) is 33.8 Å². The quantitative estimate of drug-likeness (QED) is 0.284. The number of aromatic nitrogens is 2. The van der Waals surface area contributed by atoms with Gasteiger partial charge in [0.2, 0.25) is 0 Å². The van der Waals surface area contributed by atoms with E-state index in [1.165, 1.54) is 0 Å². The molecule has 0 saturated carbocycles. The number of amides is 2. The fraction of sp³-hybridized carbons (Fsp3) is 0.300. The molecule has 2 aliphatic rings. The van der Waals surface area contributed by atoms with E-state index in [2.05, 4.69) is 27.8 Å². The number of nitrogens with zero attached hydrogens (tertiary/aromatic N) is 2. The molecule has 8 heteroatoms. The number of para-hydroxylation sites is 1. The van der Waals surface area contributed by atoms with Crippen LogP contribution < -0.4 is 5.32 Å². The zero-order chi connectivity index (χ0) is 26.4. The lowest BCUT2D eigenvalue weighted by molar-refractivity contribution is -0.110. The van der Waals surface area contributed by atoms with Gasteiger partial charge in [-0.1, -0.05) is 24.3 Å². The van der Waals surface area contributed by atoms with Crippen LogP contribution in [-0.2, 0) is 9.53 Å². The number of rotatable bonds is 3. The van der Waals surface area contributed by atoms with Gasteiger partial charge >= 0.3 is 6.09 Å². The first kappa shape index (κ1) is 24.4. The van der Waals surface area contributed by atoms with Crippen molar-refractivity contribution in [1.29, 1.82) is 0 Å². The number of carbonyl (C=O) groups excluding carboxylic acids is 2. The predicted octanol–water partition coefficient (Wildman–Crippen LogP) is 6.90. The number of aromatic amines is 1. The highest BCUT2D eigenvalue weighted by Crippen LogP contribution is 2.38. The number of carbonyl (C=O) groups is 2. The second-order valence-corrected chi connectivity index (χ2v) is 11.8. The fourth-order valence-corrected chi connectivity index (χ4v) is 6.06. The maximum Gasteiger partial charge on any atom is 0.410 e. The molecule has 1 fully saturated rings. The number of hydrogen-bond acceptors (Lipinski definition) is 5. The third-order valence-corrected chi connectivity index (χ3v) is 7.97. The maximum atomic E-state index is 12.8. The zero-order valence-electron chi connectivity index (χ0n) is 21.7. The third-order valence-electron chi connectivity index (χ3n) is 6.97. The topological polar surface area (TPSA) is 87.3 Å². The molecule has 38 heavy (non-hydrogen) atoms. The van der Waals surface area contributed by atoms with Gasteiger partial charge in [-0.05, 0) is 69.3 Å². The van der Waals surface area contributed by atoms with Crippen molar-refractivity contribution in [3.05, 3.63) is 70.2 Å². The molecule has 4 heterocycles. The van der Waals surface area contributed by atoms with Gasteiger partial charge in [-0.3, -0.25) is 4.79 Å². The Morgan fingerprint density at radius 3 is 2.68 bits per heavy atom. The number of ether oxygens (including phenoxy) is 1. The standard InChI is InChI=1S/C30H30N4O3S/c1-30(2,3)37-29(36)34-12-10-18(11-13-34)28-33-26(17-38-28)20-8-9-25-22(15-20)23(27(35)32-25)16-21-14-19-6-4-5-7-24(19)31-21/h4-9,14-18,31H,10-13H2,1-3H3,(H,32,35)/b23-16-. The number of thiazole rings is 1. The molecule has 2 aliphatic heterocycles. The Kier molecular flexibility index (Phi) is 6.07. The molecule has 7 nitrogen and oxygen atoms in total. The first-order valence-electron chi connectivity index (χ1n) is 12.9. The lowest BCUT2D eigenvalue weighted by Gasteiger charge is -2.32. The Morgan fingerprint density at radius 2 is 1.92 bits per heavy atom. The average Bonchev–Trinajstić information content (AvgIpc) is 3.60. The van der Waals surface area contributed by atoms with E-state index in [0.717, 1.165) is 57.0 Å². The van der Waals surface area contributed by atoms with E-state index in [1.54, 1.807) is 16.2 Å². The Bertz CT molecular complexity index is 1530. The summed E-state index contributed by atoms with van der Waals surface area (Å²) in [5, 5.41) is 7.27. The minimum absolute atomic E-state index is 0.105. The van der Waals surface area contributed by atoms with Crippen LogP contribution in [0.4, 0.5) is 10.5 Å². The molecule has 0 aliphatic carbocycles. The van der Waals surface area contributed by atoms with E-state index in [4.69, 9.17) is 9.72 Å². The van der Waals surface area contributed by atoms with E-state index in [-0.39, 0.29) is 12.0 Å². The average molecular weight is 527 g/mol. The first-order chi connectivity index (χ1) is 18.2. The number of anilines is 1. The second kappa shape index (κ2) is 9.44. The minimum atomic E-state index is -0.487. The van der Waals surface area contributed by atoms with Crippen molar-refractivity contribution in [3.8, 4) is 11.3 Å². The van der Waals surface area contributed by atoms with E-state index in [0.29, 0.717) is 24.6 Å². The summed E-state index contributed by atoms with van der Waals surface area (Å²) in [5.41, 5.74) is 5.67. The summed E-state index contributed by atoms with van der Waals surface area (Å²) in [7, 11) is 0. The Labute approximate surface area is 225 Å². The Morgan fingerprint density at radius 1 is 1.13 bits per heavy atom. The van der Waals surface area contributed by atoms with Crippen molar-refractivity contribution in [2.24, 2.45) is 0 Å². The Hall–Kier alpha value is -3.91. The van der Waals surface area contributed by atoms with Gasteiger partial charge in [0.25, 0.3) is 5.91 Å². The van der Waals surface area contributed by atoms with Crippen LogP contribution in [-0.4, -0.2) is 45.6 Å². The fourth-order valence-electron chi connectivity index (χ4n) is 5.06. The molecule has 2 aromatic heterocycles. The number of likely N-dealkylation sites (tertiary alicyclic amines) is 1. The van der Waals surface area contributed by atoms with Crippen molar-refractivity contribution in [3.63, 3.8) is 0 Å².